The molecule has 1 saturated carbocycles. The zero-order chi connectivity index (χ0) is 33.2. The first-order chi connectivity index (χ1) is 22.7. The van der Waals surface area contributed by atoms with Crippen LogP contribution < -0.4 is 0 Å². The summed E-state index contributed by atoms with van der Waals surface area (Å²) in [5, 5.41) is 0. The van der Waals surface area contributed by atoms with Crippen molar-refractivity contribution in [2.24, 2.45) is 0 Å². The van der Waals surface area contributed by atoms with E-state index in [0.29, 0.717) is 6.04 Å². The number of unbranched alkanes of at least 4 members (excludes halogenated alkanes) is 18. The highest BCUT2D eigenvalue weighted by atomic mass is 16.5. The van der Waals surface area contributed by atoms with Crippen molar-refractivity contribution >= 4 is 0 Å². The Bertz CT molecular complexity index is 681. The second-order valence-corrected chi connectivity index (χ2v) is 14.1. The van der Waals surface area contributed by atoms with Gasteiger partial charge in [0.05, 0.1) is 12.2 Å². The number of hydrogen-bond donors (Lipinski definition) is 0. The van der Waals surface area contributed by atoms with Gasteiger partial charge in [-0.15, -0.1) is 0 Å². The van der Waals surface area contributed by atoms with Crippen molar-refractivity contribution in [3.63, 3.8) is 0 Å². The average molecular weight is 642 g/mol. The molecule has 3 nitrogen and oxygen atoms in total. The smallest absolute Gasteiger partial charge is 0.0852 e. The minimum atomic E-state index is 0.273. The van der Waals surface area contributed by atoms with Crippen LogP contribution in [0, 0.1) is 0 Å². The molecule has 0 aliphatic heterocycles. The van der Waals surface area contributed by atoms with E-state index in [4.69, 9.17) is 9.47 Å². The summed E-state index contributed by atoms with van der Waals surface area (Å²) in [7, 11) is 4.41. The molecule has 0 heterocycles. The molecule has 1 aliphatic rings. The summed E-state index contributed by atoms with van der Waals surface area (Å²) in [5.41, 5.74) is 0. The SMILES string of the molecule is CCCCC/C=C\C/C=C\CCCCCCCCO[C@H]1C[C@@H](N(C)C)C[C@H]1OCCCCCCCC/C=C\C/C=C\CCCCC. The van der Waals surface area contributed by atoms with Crippen molar-refractivity contribution in [3.8, 4) is 0 Å². The molecule has 1 aliphatic carbocycles. The van der Waals surface area contributed by atoms with Crippen molar-refractivity contribution in [1.29, 1.82) is 0 Å². The third-order valence-electron chi connectivity index (χ3n) is 9.51. The fourth-order valence-electron chi connectivity index (χ4n) is 6.36. The van der Waals surface area contributed by atoms with Crippen LogP contribution in [0.25, 0.3) is 0 Å². The largest absolute Gasteiger partial charge is 0.375 e. The molecule has 0 aromatic carbocycles. The molecule has 0 bridgehead atoms. The Labute approximate surface area is 288 Å². The van der Waals surface area contributed by atoms with Crippen molar-refractivity contribution in [1.82, 2.24) is 4.90 Å². The van der Waals surface area contributed by atoms with Crippen LogP contribution in [0.4, 0.5) is 0 Å². The molecule has 0 N–H and O–H groups in total. The van der Waals surface area contributed by atoms with Gasteiger partial charge in [-0.3, -0.25) is 0 Å². The molecule has 46 heavy (non-hydrogen) atoms. The predicted molar refractivity (Wildman–Crippen MR) is 205 cm³/mol. The molecule has 0 saturated heterocycles. The topological polar surface area (TPSA) is 21.7 Å². The Balaban J connectivity index is 2.00. The molecular weight excluding hydrogens is 562 g/mol. The van der Waals surface area contributed by atoms with Crippen LogP contribution in [0.5, 0.6) is 0 Å². The average Bonchev–Trinajstić information content (AvgIpc) is 3.47. The van der Waals surface area contributed by atoms with Gasteiger partial charge in [0.25, 0.3) is 0 Å². The van der Waals surface area contributed by atoms with E-state index in [0.717, 1.165) is 38.9 Å². The van der Waals surface area contributed by atoms with Crippen LogP contribution >= 0.6 is 0 Å². The van der Waals surface area contributed by atoms with Crippen molar-refractivity contribution < 1.29 is 9.47 Å². The second kappa shape index (κ2) is 33.7. The molecule has 0 aromatic rings. The van der Waals surface area contributed by atoms with Crippen molar-refractivity contribution in [2.45, 2.75) is 199 Å². The first-order valence-electron chi connectivity index (χ1n) is 20.2. The van der Waals surface area contributed by atoms with Gasteiger partial charge in [0, 0.05) is 19.3 Å². The fraction of sp³-hybridized carbons (Fsp3) is 0.814. The van der Waals surface area contributed by atoms with Gasteiger partial charge in [-0.2, -0.15) is 0 Å². The van der Waals surface area contributed by atoms with Gasteiger partial charge >= 0.3 is 0 Å². The van der Waals surface area contributed by atoms with Crippen LogP contribution in [-0.2, 0) is 9.47 Å². The zero-order valence-corrected chi connectivity index (χ0v) is 31.4. The third kappa shape index (κ3) is 26.9. The van der Waals surface area contributed by atoms with E-state index < -0.39 is 0 Å². The Morgan fingerprint density at radius 2 is 0.761 bits per heavy atom. The predicted octanol–water partition coefficient (Wildman–Crippen LogP) is 13.1. The first kappa shape index (κ1) is 42.9. The van der Waals surface area contributed by atoms with Crippen LogP contribution in [-0.4, -0.2) is 50.5 Å². The molecule has 3 atom stereocenters. The van der Waals surface area contributed by atoms with Gasteiger partial charge in [0.15, 0.2) is 0 Å². The van der Waals surface area contributed by atoms with Gasteiger partial charge in [-0.1, -0.05) is 140 Å². The maximum absolute atomic E-state index is 6.42. The van der Waals surface area contributed by atoms with Crippen LogP contribution in [0.15, 0.2) is 48.6 Å². The molecule has 0 unspecified atom stereocenters. The van der Waals surface area contributed by atoms with Gasteiger partial charge in [-0.05, 0) is 104 Å². The van der Waals surface area contributed by atoms with E-state index in [1.54, 1.807) is 0 Å². The van der Waals surface area contributed by atoms with Crippen LogP contribution in [0.2, 0.25) is 0 Å². The number of ether oxygens (including phenoxy) is 2. The van der Waals surface area contributed by atoms with Gasteiger partial charge < -0.3 is 14.4 Å². The third-order valence-corrected chi connectivity index (χ3v) is 9.51. The molecule has 3 heteroatoms. The monoisotopic (exact) mass is 642 g/mol. The first-order valence-corrected chi connectivity index (χ1v) is 20.2. The van der Waals surface area contributed by atoms with Crippen molar-refractivity contribution in [2.75, 3.05) is 27.3 Å². The zero-order valence-electron chi connectivity index (χ0n) is 31.4. The molecule has 268 valence electrons. The lowest BCUT2D eigenvalue weighted by Gasteiger charge is -2.20. The van der Waals surface area contributed by atoms with Gasteiger partial charge in [0.1, 0.15) is 0 Å². The lowest BCUT2D eigenvalue weighted by molar-refractivity contribution is -0.0578. The molecule has 0 aromatic heterocycles. The lowest BCUT2D eigenvalue weighted by atomic mass is 10.1. The maximum atomic E-state index is 6.42. The van der Waals surface area contributed by atoms with Crippen LogP contribution in [0.1, 0.15) is 181 Å². The summed E-state index contributed by atoms with van der Waals surface area (Å²) >= 11 is 0. The molecule has 1 rings (SSSR count). The molecule has 0 spiro atoms. The van der Waals surface area contributed by atoms with E-state index >= 15 is 0 Å². The molecular formula is C43H79NO2. The minimum Gasteiger partial charge on any atom is -0.375 e. The quantitative estimate of drug-likeness (QED) is 0.0526. The van der Waals surface area contributed by atoms with E-state index in [9.17, 15) is 0 Å². The number of allylic oxidation sites excluding steroid dienone is 8. The lowest BCUT2D eigenvalue weighted by Crippen LogP contribution is -2.27. The highest BCUT2D eigenvalue weighted by Gasteiger charge is 2.36. The van der Waals surface area contributed by atoms with E-state index in [1.807, 2.05) is 0 Å². The number of nitrogens with zero attached hydrogens (tertiary/aromatic N) is 1. The standard InChI is InChI=1S/C43H79NO2/c1-5-7-9-11-13-15-17-19-21-23-25-27-29-31-33-35-37-45-42-39-41(44(3)4)40-43(42)46-38-36-34-32-30-28-26-24-22-20-18-16-14-12-10-8-6-2/h13-16,19-22,41-43H,5-12,17-18,23-40H2,1-4H3/b15-13-,16-14-,21-19-,22-20-/t41-,42+,43-. The molecule has 1 fully saturated rings. The maximum Gasteiger partial charge on any atom is 0.0852 e. The number of rotatable bonds is 33. The summed E-state index contributed by atoms with van der Waals surface area (Å²) in [5.74, 6) is 0. The minimum absolute atomic E-state index is 0.273. The van der Waals surface area contributed by atoms with E-state index in [1.165, 1.54) is 141 Å². The Morgan fingerprint density at radius 3 is 1.11 bits per heavy atom. The summed E-state index contributed by atoms with van der Waals surface area (Å²) in [6.45, 7) is 6.32. The van der Waals surface area contributed by atoms with E-state index in [2.05, 4.69) is 81.5 Å². The summed E-state index contributed by atoms with van der Waals surface area (Å²) in [6, 6.07) is 0.585. The summed E-state index contributed by atoms with van der Waals surface area (Å²) < 4.78 is 12.8. The number of hydrogen-bond acceptors (Lipinski definition) is 3. The summed E-state index contributed by atoms with van der Waals surface area (Å²) in [4.78, 5) is 2.36. The fourth-order valence-corrected chi connectivity index (χ4v) is 6.36. The Kier molecular flexibility index (Phi) is 31.4. The van der Waals surface area contributed by atoms with E-state index in [-0.39, 0.29) is 12.2 Å². The Morgan fingerprint density at radius 1 is 0.435 bits per heavy atom. The van der Waals surface area contributed by atoms with Gasteiger partial charge in [-0.25, -0.2) is 0 Å². The van der Waals surface area contributed by atoms with Crippen molar-refractivity contribution in [3.05, 3.63) is 48.6 Å². The van der Waals surface area contributed by atoms with Gasteiger partial charge in [0.2, 0.25) is 0 Å². The second-order valence-electron chi connectivity index (χ2n) is 14.1. The summed E-state index contributed by atoms with van der Waals surface area (Å²) in [6.07, 6.45) is 52.5. The molecule has 0 amide bonds. The normalized spacial score (nSPS) is 19.0. The van der Waals surface area contributed by atoms with Crippen LogP contribution in [0.3, 0.4) is 0 Å². The molecule has 0 radical (unpaired) electrons. The Hall–Kier alpha value is -1.16. The highest BCUT2D eigenvalue weighted by Crippen LogP contribution is 2.29. The highest BCUT2D eigenvalue weighted by molar-refractivity contribution is 4.93.